The SMILES string of the molecule is CC(C)NC(=O)N1CCN(c2nc3ccccc3s2)CC1. The molecule has 1 aromatic carbocycles. The zero-order valence-electron chi connectivity index (χ0n) is 12.4. The Balaban J connectivity index is 1.64. The molecule has 1 saturated heterocycles. The molecule has 21 heavy (non-hydrogen) atoms. The van der Waals surface area contributed by atoms with Crippen molar-refractivity contribution >= 4 is 32.7 Å². The maximum absolute atomic E-state index is 12.0. The number of para-hydroxylation sites is 1. The number of aromatic nitrogens is 1. The highest BCUT2D eigenvalue weighted by atomic mass is 32.1. The molecule has 5 nitrogen and oxygen atoms in total. The van der Waals surface area contributed by atoms with Gasteiger partial charge in [0.15, 0.2) is 5.13 Å². The van der Waals surface area contributed by atoms with Crippen LogP contribution < -0.4 is 10.2 Å². The van der Waals surface area contributed by atoms with Crippen LogP contribution in [0.3, 0.4) is 0 Å². The quantitative estimate of drug-likeness (QED) is 0.927. The van der Waals surface area contributed by atoms with Crippen molar-refractivity contribution in [2.45, 2.75) is 19.9 Å². The van der Waals surface area contributed by atoms with Crippen LogP contribution in [0.1, 0.15) is 13.8 Å². The molecular formula is C15H20N4OS. The van der Waals surface area contributed by atoms with Gasteiger partial charge in [0.25, 0.3) is 0 Å². The minimum absolute atomic E-state index is 0.0361. The van der Waals surface area contributed by atoms with Crippen LogP contribution in [0, 0.1) is 0 Å². The minimum Gasteiger partial charge on any atom is -0.345 e. The van der Waals surface area contributed by atoms with E-state index >= 15 is 0 Å². The lowest BCUT2D eigenvalue weighted by Gasteiger charge is -2.34. The van der Waals surface area contributed by atoms with Gasteiger partial charge in [0.05, 0.1) is 10.2 Å². The van der Waals surface area contributed by atoms with Gasteiger partial charge in [-0.05, 0) is 26.0 Å². The van der Waals surface area contributed by atoms with Crippen molar-refractivity contribution < 1.29 is 4.79 Å². The number of nitrogens with zero attached hydrogens (tertiary/aromatic N) is 3. The summed E-state index contributed by atoms with van der Waals surface area (Å²) < 4.78 is 1.22. The predicted molar refractivity (Wildman–Crippen MR) is 87.1 cm³/mol. The molecule has 1 N–H and O–H groups in total. The van der Waals surface area contributed by atoms with E-state index in [4.69, 9.17) is 0 Å². The minimum atomic E-state index is 0.0361. The zero-order chi connectivity index (χ0) is 14.8. The van der Waals surface area contributed by atoms with Gasteiger partial charge >= 0.3 is 6.03 Å². The van der Waals surface area contributed by atoms with E-state index in [9.17, 15) is 4.79 Å². The molecule has 0 spiro atoms. The number of anilines is 1. The van der Waals surface area contributed by atoms with Gasteiger partial charge in [-0.2, -0.15) is 0 Å². The van der Waals surface area contributed by atoms with Crippen LogP contribution in [-0.2, 0) is 0 Å². The fraction of sp³-hybridized carbons (Fsp3) is 0.467. The number of carbonyl (C=O) groups is 1. The Morgan fingerprint density at radius 1 is 1.24 bits per heavy atom. The monoisotopic (exact) mass is 304 g/mol. The summed E-state index contributed by atoms with van der Waals surface area (Å²) in [6.45, 7) is 7.13. The first-order chi connectivity index (χ1) is 10.1. The highest BCUT2D eigenvalue weighted by molar-refractivity contribution is 7.22. The molecule has 1 aliphatic rings. The molecule has 1 aromatic heterocycles. The number of piperazine rings is 1. The van der Waals surface area contributed by atoms with E-state index in [-0.39, 0.29) is 12.1 Å². The third-order valence-corrected chi connectivity index (χ3v) is 4.63. The number of thiazole rings is 1. The van der Waals surface area contributed by atoms with Gasteiger partial charge < -0.3 is 15.1 Å². The molecular weight excluding hydrogens is 284 g/mol. The highest BCUT2D eigenvalue weighted by Gasteiger charge is 2.23. The summed E-state index contributed by atoms with van der Waals surface area (Å²) in [6, 6.07) is 8.41. The van der Waals surface area contributed by atoms with Crippen molar-refractivity contribution in [3.63, 3.8) is 0 Å². The van der Waals surface area contributed by atoms with Gasteiger partial charge in [0, 0.05) is 32.2 Å². The number of urea groups is 1. The third kappa shape index (κ3) is 3.10. The van der Waals surface area contributed by atoms with Crippen molar-refractivity contribution in [1.82, 2.24) is 15.2 Å². The fourth-order valence-electron chi connectivity index (χ4n) is 2.43. The lowest BCUT2D eigenvalue weighted by Crippen LogP contribution is -2.52. The zero-order valence-corrected chi connectivity index (χ0v) is 13.2. The summed E-state index contributed by atoms with van der Waals surface area (Å²) in [4.78, 5) is 20.8. The Labute approximate surface area is 128 Å². The van der Waals surface area contributed by atoms with E-state index in [0.717, 1.165) is 36.8 Å². The molecule has 2 amide bonds. The number of fused-ring (bicyclic) bond motifs is 1. The van der Waals surface area contributed by atoms with E-state index in [1.165, 1.54) is 4.70 Å². The molecule has 2 aromatic rings. The Morgan fingerprint density at radius 2 is 1.95 bits per heavy atom. The van der Waals surface area contributed by atoms with Crippen LogP contribution in [0.5, 0.6) is 0 Å². The Bertz CT molecular complexity index is 598. The second-order valence-corrected chi connectivity index (χ2v) is 6.55. The molecule has 0 unspecified atom stereocenters. The lowest BCUT2D eigenvalue weighted by atomic mass is 10.3. The van der Waals surface area contributed by atoms with Crippen molar-refractivity contribution in [3.8, 4) is 0 Å². The van der Waals surface area contributed by atoms with E-state index < -0.39 is 0 Å². The smallest absolute Gasteiger partial charge is 0.317 e. The Morgan fingerprint density at radius 3 is 2.62 bits per heavy atom. The molecule has 0 bridgehead atoms. The normalized spacial score (nSPS) is 15.8. The van der Waals surface area contributed by atoms with Crippen LogP contribution in [0.4, 0.5) is 9.93 Å². The molecule has 0 saturated carbocycles. The summed E-state index contributed by atoms with van der Waals surface area (Å²) in [5, 5.41) is 4.00. The number of carbonyl (C=O) groups excluding carboxylic acids is 1. The van der Waals surface area contributed by atoms with Gasteiger partial charge in [-0.3, -0.25) is 0 Å². The van der Waals surface area contributed by atoms with Crippen LogP contribution in [0.15, 0.2) is 24.3 Å². The number of hydrogen-bond donors (Lipinski definition) is 1. The van der Waals surface area contributed by atoms with Crippen molar-refractivity contribution in [3.05, 3.63) is 24.3 Å². The number of benzene rings is 1. The molecule has 6 heteroatoms. The van der Waals surface area contributed by atoms with Crippen LogP contribution in [-0.4, -0.2) is 48.1 Å². The summed E-state index contributed by atoms with van der Waals surface area (Å²) >= 11 is 1.72. The van der Waals surface area contributed by atoms with Crippen LogP contribution in [0.2, 0.25) is 0 Å². The van der Waals surface area contributed by atoms with Crippen LogP contribution in [0.25, 0.3) is 10.2 Å². The summed E-state index contributed by atoms with van der Waals surface area (Å²) in [5.41, 5.74) is 1.05. The largest absolute Gasteiger partial charge is 0.345 e. The molecule has 112 valence electrons. The van der Waals surface area contributed by atoms with Crippen molar-refractivity contribution in [1.29, 1.82) is 0 Å². The topological polar surface area (TPSA) is 48.5 Å². The molecule has 0 atom stereocenters. The van der Waals surface area contributed by atoms with E-state index in [1.54, 1.807) is 11.3 Å². The summed E-state index contributed by atoms with van der Waals surface area (Å²) in [6.07, 6.45) is 0. The number of nitrogens with one attached hydrogen (secondary N) is 1. The molecule has 0 radical (unpaired) electrons. The summed E-state index contributed by atoms with van der Waals surface area (Å²) in [5.74, 6) is 0. The van der Waals surface area contributed by atoms with Gasteiger partial charge in [0.2, 0.25) is 0 Å². The van der Waals surface area contributed by atoms with Crippen LogP contribution >= 0.6 is 11.3 Å². The number of hydrogen-bond acceptors (Lipinski definition) is 4. The Hall–Kier alpha value is -1.82. The first kappa shape index (κ1) is 14.1. The fourth-order valence-corrected chi connectivity index (χ4v) is 3.45. The van der Waals surface area contributed by atoms with Gasteiger partial charge in [0.1, 0.15) is 0 Å². The standard InChI is InChI=1S/C15H20N4OS/c1-11(2)16-14(20)18-7-9-19(10-8-18)15-17-12-5-3-4-6-13(12)21-15/h3-6,11H,7-10H2,1-2H3,(H,16,20). The molecule has 2 heterocycles. The maximum atomic E-state index is 12.0. The van der Waals surface area contributed by atoms with E-state index in [2.05, 4.69) is 21.3 Å². The van der Waals surface area contributed by atoms with E-state index in [1.807, 2.05) is 36.9 Å². The molecule has 1 fully saturated rings. The number of amides is 2. The van der Waals surface area contributed by atoms with E-state index in [0.29, 0.717) is 0 Å². The average molecular weight is 304 g/mol. The third-order valence-electron chi connectivity index (χ3n) is 3.53. The first-order valence-electron chi connectivity index (χ1n) is 7.29. The second-order valence-electron chi connectivity index (χ2n) is 5.54. The van der Waals surface area contributed by atoms with Crippen molar-refractivity contribution in [2.24, 2.45) is 0 Å². The number of rotatable bonds is 2. The predicted octanol–water partition coefficient (Wildman–Crippen LogP) is 2.54. The van der Waals surface area contributed by atoms with Gasteiger partial charge in [-0.1, -0.05) is 23.5 Å². The highest BCUT2D eigenvalue weighted by Crippen LogP contribution is 2.29. The van der Waals surface area contributed by atoms with Gasteiger partial charge in [-0.15, -0.1) is 0 Å². The lowest BCUT2D eigenvalue weighted by molar-refractivity contribution is 0.192. The second kappa shape index (κ2) is 5.89. The summed E-state index contributed by atoms with van der Waals surface area (Å²) in [7, 11) is 0. The Kier molecular flexibility index (Phi) is 3.96. The van der Waals surface area contributed by atoms with Crippen molar-refractivity contribution in [2.75, 3.05) is 31.1 Å². The first-order valence-corrected chi connectivity index (χ1v) is 8.11. The molecule has 1 aliphatic heterocycles. The molecule has 0 aliphatic carbocycles. The average Bonchev–Trinajstić information content (AvgIpc) is 2.90. The molecule has 3 rings (SSSR count). The maximum Gasteiger partial charge on any atom is 0.317 e. The van der Waals surface area contributed by atoms with Gasteiger partial charge in [-0.25, -0.2) is 9.78 Å².